The number of ether oxygens (including phenoxy) is 2. The summed E-state index contributed by atoms with van der Waals surface area (Å²) in [6.45, 7) is 5.70. The van der Waals surface area contributed by atoms with Gasteiger partial charge in [0.05, 0.1) is 11.8 Å². The largest absolute Gasteiger partial charge is 0.486 e. The van der Waals surface area contributed by atoms with E-state index in [9.17, 15) is 13.2 Å². The van der Waals surface area contributed by atoms with E-state index in [0.29, 0.717) is 44.9 Å². The minimum Gasteiger partial charge on any atom is -0.486 e. The minimum absolute atomic E-state index is 0.00864. The smallest absolute Gasteiger partial charge is 0.223 e. The fourth-order valence-electron chi connectivity index (χ4n) is 4.13. The van der Waals surface area contributed by atoms with Crippen LogP contribution in [0, 0.1) is 12.8 Å². The second kappa shape index (κ2) is 9.50. The SMILES string of the molecule is Cc1ccc(CS(=O)(=O)N2CCC(C(=O)NC(C)c3ccc4c(c3)OCCO4)CC2)cc1. The summed E-state index contributed by atoms with van der Waals surface area (Å²) in [7, 11) is -3.40. The Kier molecular flexibility index (Phi) is 6.71. The lowest BCUT2D eigenvalue weighted by Gasteiger charge is -2.31. The molecule has 1 atom stereocenters. The first kappa shape index (κ1) is 22.6. The number of piperidine rings is 1. The van der Waals surface area contributed by atoms with E-state index in [0.717, 1.165) is 22.4 Å². The summed E-state index contributed by atoms with van der Waals surface area (Å²) in [5.41, 5.74) is 2.83. The molecule has 1 unspecified atom stereocenters. The van der Waals surface area contributed by atoms with Gasteiger partial charge in [-0.15, -0.1) is 0 Å². The van der Waals surface area contributed by atoms with Crippen molar-refractivity contribution in [3.8, 4) is 11.5 Å². The number of nitrogens with one attached hydrogen (secondary N) is 1. The van der Waals surface area contributed by atoms with Crippen LogP contribution in [-0.2, 0) is 20.6 Å². The molecule has 2 aliphatic heterocycles. The number of aryl methyl sites for hydroxylation is 1. The van der Waals surface area contributed by atoms with E-state index < -0.39 is 10.0 Å². The third-order valence-corrected chi connectivity index (χ3v) is 7.96. The molecule has 7 nitrogen and oxygen atoms in total. The summed E-state index contributed by atoms with van der Waals surface area (Å²) >= 11 is 0. The Bertz CT molecular complexity index is 1060. The number of benzene rings is 2. The van der Waals surface area contributed by atoms with Crippen LogP contribution in [-0.4, -0.2) is 44.9 Å². The number of sulfonamides is 1. The van der Waals surface area contributed by atoms with Crippen molar-refractivity contribution in [1.82, 2.24) is 9.62 Å². The second-order valence-corrected chi connectivity index (χ2v) is 10.5. The summed E-state index contributed by atoms with van der Waals surface area (Å²) in [5, 5.41) is 3.07. The van der Waals surface area contributed by atoms with Crippen LogP contribution in [0.25, 0.3) is 0 Å². The molecule has 2 aromatic rings. The van der Waals surface area contributed by atoms with E-state index in [1.54, 1.807) is 0 Å². The number of carbonyl (C=O) groups excluding carboxylic acids is 1. The first-order chi connectivity index (χ1) is 15.3. The molecule has 1 saturated heterocycles. The first-order valence-corrected chi connectivity index (χ1v) is 12.7. The average Bonchev–Trinajstić information content (AvgIpc) is 2.80. The Balaban J connectivity index is 1.30. The average molecular weight is 459 g/mol. The maximum Gasteiger partial charge on any atom is 0.223 e. The summed E-state index contributed by atoms with van der Waals surface area (Å²) in [6, 6.07) is 13.1. The predicted octanol–water partition coefficient (Wildman–Crippen LogP) is 3.19. The Hall–Kier alpha value is -2.58. The molecule has 1 N–H and O–H groups in total. The van der Waals surface area contributed by atoms with Gasteiger partial charge in [0.1, 0.15) is 13.2 Å². The third kappa shape index (κ3) is 5.24. The van der Waals surface area contributed by atoms with Crippen LogP contribution in [0.2, 0.25) is 0 Å². The molecular weight excluding hydrogens is 428 g/mol. The van der Waals surface area contributed by atoms with Gasteiger partial charge in [0.15, 0.2) is 11.5 Å². The summed E-state index contributed by atoms with van der Waals surface area (Å²) in [6.07, 6.45) is 1.04. The summed E-state index contributed by atoms with van der Waals surface area (Å²) < 4.78 is 38.3. The summed E-state index contributed by atoms with van der Waals surface area (Å²) in [4.78, 5) is 12.8. The van der Waals surface area contributed by atoms with Crippen molar-refractivity contribution in [3.63, 3.8) is 0 Å². The Labute approximate surface area is 189 Å². The van der Waals surface area contributed by atoms with Crippen LogP contribution in [0.1, 0.15) is 42.5 Å². The molecule has 172 valence electrons. The lowest BCUT2D eigenvalue weighted by atomic mass is 9.96. The highest BCUT2D eigenvalue weighted by molar-refractivity contribution is 7.88. The van der Waals surface area contributed by atoms with Gasteiger partial charge < -0.3 is 14.8 Å². The van der Waals surface area contributed by atoms with Crippen molar-refractivity contribution in [2.24, 2.45) is 5.92 Å². The van der Waals surface area contributed by atoms with Crippen LogP contribution in [0.5, 0.6) is 11.5 Å². The van der Waals surface area contributed by atoms with Crippen molar-refractivity contribution in [2.75, 3.05) is 26.3 Å². The van der Waals surface area contributed by atoms with Gasteiger partial charge in [0, 0.05) is 19.0 Å². The number of nitrogens with zero attached hydrogens (tertiary/aromatic N) is 1. The Morgan fingerprint density at radius 2 is 1.72 bits per heavy atom. The number of fused-ring (bicyclic) bond motifs is 1. The van der Waals surface area contributed by atoms with Gasteiger partial charge in [0.25, 0.3) is 0 Å². The molecule has 0 bridgehead atoms. The van der Waals surface area contributed by atoms with Gasteiger partial charge in [-0.05, 0) is 49.9 Å². The normalized spacial score (nSPS) is 18.2. The van der Waals surface area contributed by atoms with E-state index in [1.807, 2.05) is 56.3 Å². The van der Waals surface area contributed by atoms with Gasteiger partial charge in [-0.25, -0.2) is 12.7 Å². The fourth-order valence-corrected chi connectivity index (χ4v) is 5.69. The van der Waals surface area contributed by atoms with Gasteiger partial charge in [-0.1, -0.05) is 35.9 Å². The molecule has 2 heterocycles. The Morgan fingerprint density at radius 3 is 2.41 bits per heavy atom. The fraction of sp³-hybridized carbons (Fsp3) is 0.458. The van der Waals surface area contributed by atoms with Gasteiger partial charge >= 0.3 is 0 Å². The third-order valence-electron chi connectivity index (χ3n) is 6.11. The molecule has 2 aromatic carbocycles. The molecule has 0 radical (unpaired) electrons. The number of amides is 1. The van der Waals surface area contributed by atoms with Crippen LogP contribution in [0.4, 0.5) is 0 Å². The van der Waals surface area contributed by atoms with Crippen molar-refractivity contribution < 1.29 is 22.7 Å². The molecule has 0 spiro atoms. The second-order valence-electron chi connectivity index (χ2n) is 8.55. The highest BCUT2D eigenvalue weighted by Gasteiger charge is 2.31. The Morgan fingerprint density at radius 1 is 1.06 bits per heavy atom. The maximum absolute atomic E-state index is 12.8. The quantitative estimate of drug-likeness (QED) is 0.719. The van der Waals surface area contributed by atoms with E-state index >= 15 is 0 Å². The van der Waals surface area contributed by atoms with E-state index in [2.05, 4.69) is 5.32 Å². The van der Waals surface area contributed by atoms with Crippen LogP contribution in [0.3, 0.4) is 0 Å². The maximum atomic E-state index is 12.8. The zero-order chi connectivity index (χ0) is 22.7. The van der Waals surface area contributed by atoms with Gasteiger partial charge in [-0.3, -0.25) is 4.79 Å². The molecule has 0 aromatic heterocycles. The van der Waals surface area contributed by atoms with Crippen molar-refractivity contribution in [2.45, 2.75) is 38.5 Å². The lowest BCUT2D eigenvalue weighted by Crippen LogP contribution is -2.43. The molecule has 2 aliphatic rings. The number of rotatable bonds is 6. The molecule has 1 amide bonds. The molecule has 4 rings (SSSR count). The molecule has 1 fully saturated rings. The molecule has 32 heavy (non-hydrogen) atoms. The molecule has 8 heteroatoms. The van der Waals surface area contributed by atoms with E-state index in [4.69, 9.17) is 9.47 Å². The van der Waals surface area contributed by atoms with Crippen molar-refractivity contribution >= 4 is 15.9 Å². The van der Waals surface area contributed by atoms with Gasteiger partial charge in [0.2, 0.25) is 15.9 Å². The van der Waals surface area contributed by atoms with E-state index in [1.165, 1.54) is 4.31 Å². The standard InChI is InChI=1S/C24H30N2O5S/c1-17-3-5-19(6-4-17)16-32(28,29)26-11-9-20(10-12-26)24(27)25-18(2)21-7-8-22-23(15-21)31-14-13-30-22/h3-8,15,18,20H,9-14,16H2,1-2H3,(H,25,27). The molecular formula is C24H30N2O5S. The highest BCUT2D eigenvalue weighted by Crippen LogP contribution is 2.33. The lowest BCUT2D eigenvalue weighted by molar-refractivity contribution is -0.126. The monoisotopic (exact) mass is 458 g/mol. The summed E-state index contributed by atoms with van der Waals surface area (Å²) in [5.74, 6) is 1.17. The topological polar surface area (TPSA) is 84.9 Å². The number of carbonyl (C=O) groups is 1. The van der Waals surface area contributed by atoms with E-state index in [-0.39, 0.29) is 23.6 Å². The highest BCUT2D eigenvalue weighted by atomic mass is 32.2. The first-order valence-electron chi connectivity index (χ1n) is 11.0. The van der Waals surface area contributed by atoms with Crippen LogP contribution in [0.15, 0.2) is 42.5 Å². The van der Waals surface area contributed by atoms with Crippen molar-refractivity contribution in [1.29, 1.82) is 0 Å². The van der Waals surface area contributed by atoms with Gasteiger partial charge in [-0.2, -0.15) is 0 Å². The molecule has 0 saturated carbocycles. The van der Waals surface area contributed by atoms with Crippen LogP contribution < -0.4 is 14.8 Å². The van der Waals surface area contributed by atoms with Crippen LogP contribution >= 0.6 is 0 Å². The van der Waals surface area contributed by atoms with Crippen molar-refractivity contribution in [3.05, 3.63) is 59.2 Å². The predicted molar refractivity (Wildman–Crippen MR) is 122 cm³/mol. The number of hydrogen-bond acceptors (Lipinski definition) is 5. The zero-order valence-corrected chi connectivity index (χ0v) is 19.4. The minimum atomic E-state index is -3.40. The molecule has 0 aliphatic carbocycles. The number of hydrogen-bond donors (Lipinski definition) is 1. The zero-order valence-electron chi connectivity index (χ0n) is 18.5.